The highest BCUT2D eigenvalue weighted by Crippen LogP contribution is 2.24. The molecule has 0 unspecified atom stereocenters. The maximum Gasteiger partial charge on any atom is 0.322 e. The quantitative estimate of drug-likeness (QED) is 0.834. The third-order valence-electron chi connectivity index (χ3n) is 3.16. The average Bonchev–Trinajstić information content (AvgIpc) is 2.37. The molecule has 0 spiro atoms. The van der Waals surface area contributed by atoms with Crippen molar-refractivity contribution in [1.29, 1.82) is 0 Å². The molecule has 1 rings (SSSR count). The number of hydrogen-bond acceptors (Lipinski definition) is 3. The Bertz CT molecular complexity index is 509. The molecule has 0 saturated heterocycles. The third kappa shape index (κ3) is 4.26. The zero-order chi connectivity index (χ0) is 15.3. The Labute approximate surface area is 118 Å². The number of aryl methyl sites for hydroxylation is 1. The van der Waals surface area contributed by atoms with Crippen molar-refractivity contribution in [2.45, 2.75) is 27.7 Å². The van der Waals surface area contributed by atoms with Gasteiger partial charge in [-0.1, -0.05) is 12.1 Å². The predicted octanol–water partition coefficient (Wildman–Crippen LogP) is 1.91. The van der Waals surface area contributed by atoms with E-state index in [1.165, 1.54) is 0 Å². The van der Waals surface area contributed by atoms with Crippen LogP contribution in [0.5, 0.6) is 5.75 Å². The molecular formula is C15H21NO4. The molecule has 110 valence electrons. The van der Waals surface area contributed by atoms with Gasteiger partial charge in [0.05, 0.1) is 5.41 Å². The highest BCUT2D eigenvalue weighted by molar-refractivity contribution is 5.85. The van der Waals surface area contributed by atoms with Crippen LogP contribution in [0.15, 0.2) is 18.2 Å². The van der Waals surface area contributed by atoms with Gasteiger partial charge in [0.15, 0.2) is 0 Å². The zero-order valence-electron chi connectivity index (χ0n) is 12.3. The lowest BCUT2D eigenvalue weighted by Crippen LogP contribution is -2.42. The molecule has 0 radical (unpaired) electrons. The standard InChI is InChI=1S/C15H21NO4/c1-10-6-5-7-12(11(10)2)20-9-15(3,4)14(19)16-8-13(17)18/h5-7H,8-9H2,1-4H3,(H,16,19)(H,17,18). The van der Waals surface area contributed by atoms with Crippen molar-refractivity contribution in [2.24, 2.45) is 5.41 Å². The van der Waals surface area contributed by atoms with Crippen LogP contribution in [0.2, 0.25) is 0 Å². The molecule has 0 aromatic heterocycles. The number of carbonyl (C=O) groups is 2. The van der Waals surface area contributed by atoms with Crippen LogP contribution in [0.25, 0.3) is 0 Å². The number of rotatable bonds is 6. The Hall–Kier alpha value is -2.04. The molecular weight excluding hydrogens is 258 g/mol. The summed E-state index contributed by atoms with van der Waals surface area (Å²) < 4.78 is 5.70. The van der Waals surface area contributed by atoms with Crippen LogP contribution in [-0.2, 0) is 9.59 Å². The first kappa shape index (κ1) is 16.0. The van der Waals surface area contributed by atoms with Crippen molar-refractivity contribution in [3.63, 3.8) is 0 Å². The summed E-state index contributed by atoms with van der Waals surface area (Å²) in [6, 6.07) is 5.75. The maximum atomic E-state index is 11.9. The average molecular weight is 279 g/mol. The third-order valence-corrected chi connectivity index (χ3v) is 3.16. The van der Waals surface area contributed by atoms with E-state index in [4.69, 9.17) is 9.84 Å². The van der Waals surface area contributed by atoms with E-state index in [1.807, 2.05) is 32.0 Å². The number of carboxylic acid groups (broad SMARTS) is 1. The molecule has 0 saturated carbocycles. The first-order valence-corrected chi connectivity index (χ1v) is 6.43. The van der Waals surface area contributed by atoms with Gasteiger partial charge in [0.1, 0.15) is 18.9 Å². The van der Waals surface area contributed by atoms with Crippen molar-refractivity contribution in [3.8, 4) is 5.75 Å². The van der Waals surface area contributed by atoms with E-state index < -0.39 is 11.4 Å². The molecule has 20 heavy (non-hydrogen) atoms. The number of hydrogen-bond donors (Lipinski definition) is 2. The normalized spacial score (nSPS) is 11.0. The summed E-state index contributed by atoms with van der Waals surface area (Å²) >= 11 is 0. The molecule has 0 bridgehead atoms. The Morgan fingerprint density at radius 2 is 1.95 bits per heavy atom. The van der Waals surface area contributed by atoms with E-state index in [1.54, 1.807) is 13.8 Å². The molecule has 2 N–H and O–H groups in total. The summed E-state index contributed by atoms with van der Waals surface area (Å²) in [5.41, 5.74) is 1.36. The molecule has 0 aliphatic rings. The fraction of sp³-hybridized carbons (Fsp3) is 0.467. The summed E-state index contributed by atoms with van der Waals surface area (Å²) in [5.74, 6) is -0.668. The minimum Gasteiger partial charge on any atom is -0.492 e. The van der Waals surface area contributed by atoms with Crippen LogP contribution in [0.1, 0.15) is 25.0 Å². The van der Waals surface area contributed by atoms with Gasteiger partial charge in [-0.3, -0.25) is 9.59 Å². The minimum absolute atomic E-state index is 0.183. The number of aliphatic carboxylic acids is 1. The molecule has 5 heteroatoms. The van der Waals surface area contributed by atoms with Crippen LogP contribution in [0, 0.1) is 19.3 Å². The van der Waals surface area contributed by atoms with Crippen molar-refractivity contribution in [2.75, 3.05) is 13.2 Å². The Morgan fingerprint density at radius 3 is 2.55 bits per heavy atom. The second kappa shape index (κ2) is 6.41. The minimum atomic E-state index is -1.07. The smallest absolute Gasteiger partial charge is 0.322 e. The maximum absolute atomic E-state index is 11.9. The fourth-order valence-electron chi connectivity index (χ4n) is 1.60. The lowest BCUT2D eigenvalue weighted by atomic mass is 9.93. The number of carbonyl (C=O) groups excluding carboxylic acids is 1. The molecule has 0 aliphatic heterocycles. The van der Waals surface area contributed by atoms with Gasteiger partial charge in [-0.2, -0.15) is 0 Å². The summed E-state index contributed by atoms with van der Waals surface area (Å²) in [6.07, 6.45) is 0. The molecule has 1 aromatic carbocycles. The van der Waals surface area contributed by atoms with Crippen LogP contribution in [0.4, 0.5) is 0 Å². The lowest BCUT2D eigenvalue weighted by molar-refractivity contribution is -0.140. The largest absolute Gasteiger partial charge is 0.492 e. The van der Waals surface area contributed by atoms with Gasteiger partial charge >= 0.3 is 5.97 Å². The van der Waals surface area contributed by atoms with Crippen LogP contribution in [0.3, 0.4) is 0 Å². The van der Waals surface area contributed by atoms with Gasteiger partial charge in [-0.05, 0) is 44.9 Å². The highest BCUT2D eigenvalue weighted by atomic mass is 16.5. The fourth-order valence-corrected chi connectivity index (χ4v) is 1.60. The van der Waals surface area contributed by atoms with Crippen molar-refractivity contribution in [1.82, 2.24) is 5.32 Å². The van der Waals surface area contributed by atoms with Crippen molar-refractivity contribution < 1.29 is 19.4 Å². The van der Waals surface area contributed by atoms with Gasteiger partial charge in [-0.15, -0.1) is 0 Å². The SMILES string of the molecule is Cc1cccc(OCC(C)(C)C(=O)NCC(=O)O)c1C. The monoisotopic (exact) mass is 279 g/mol. The predicted molar refractivity (Wildman–Crippen MR) is 75.8 cm³/mol. The first-order valence-electron chi connectivity index (χ1n) is 6.43. The Kier molecular flexibility index (Phi) is 5.13. The van der Waals surface area contributed by atoms with E-state index in [2.05, 4.69) is 5.32 Å². The molecule has 0 atom stereocenters. The van der Waals surface area contributed by atoms with E-state index >= 15 is 0 Å². The zero-order valence-corrected chi connectivity index (χ0v) is 12.3. The summed E-state index contributed by atoms with van der Waals surface area (Å²) in [7, 11) is 0. The van der Waals surface area contributed by atoms with Gasteiger partial charge in [0.2, 0.25) is 5.91 Å². The Morgan fingerprint density at radius 1 is 1.30 bits per heavy atom. The van der Waals surface area contributed by atoms with E-state index in [-0.39, 0.29) is 19.1 Å². The number of nitrogens with one attached hydrogen (secondary N) is 1. The summed E-state index contributed by atoms with van der Waals surface area (Å²) in [4.78, 5) is 22.3. The second-order valence-corrected chi connectivity index (χ2v) is 5.45. The summed E-state index contributed by atoms with van der Waals surface area (Å²) in [5, 5.41) is 10.9. The molecule has 0 heterocycles. The summed E-state index contributed by atoms with van der Waals surface area (Å²) in [6.45, 7) is 7.19. The number of carboxylic acids is 1. The molecule has 1 aromatic rings. The molecule has 5 nitrogen and oxygen atoms in total. The number of amides is 1. The molecule has 1 amide bonds. The molecule has 0 fully saturated rings. The van der Waals surface area contributed by atoms with Gasteiger partial charge in [0.25, 0.3) is 0 Å². The lowest BCUT2D eigenvalue weighted by Gasteiger charge is -2.24. The van der Waals surface area contributed by atoms with E-state index in [0.717, 1.165) is 16.9 Å². The second-order valence-electron chi connectivity index (χ2n) is 5.45. The van der Waals surface area contributed by atoms with Gasteiger partial charge in [0, 0.05) is 0 Å². The van der Waals surface area contributed by atoms with Crippen molar-refractivity contribution in [3.05, 3.63) is 29.3 Å². The number of ether oxygens (including phenoxy) is 1. The Balaban J connectivity index is 2.64. The number of benzene rings is 1. The van der Waals surface area contributed by atoms with Crippen molar-refractivity contribution >= 4 is 11.9 Å². The first-order chi connectivity index (χ1) is 9.24. The van der Waals surface area contributed by atoms with E-state index in [0.29, 0.717) is 0 Å². The van der Waals surface area contributed by atoms with Crippen LogP contribution < -0.4 is 10.1 Å². The molecule has 0 aliphatic carbocycles. The highest BCUT2D eigenvalue weighted by Gasteiger charge is 2.29. The topological polar surface area (TPSA) is 75.6 Å². The van der Waals surface area contributed by atoms with Crippen LogP contribution >= 0.6 is 0 Å². The van der Waals surface area contributed by atoms with E-state index in [9.17, 15) is 9.59 Å². The van der Waals surface area contributed by atoms with Gasteiger partial charge in [-0.25, -0.2) is 0 Å². The van der Waals surface area contributed by atoms with Crippen LogP contribution in [-0.4, -0.2) is 30.1 Å². The van der Waals surface area contributed by atoms with Gasteiger partial charge < -0.3 is 15.2 Å².